The summed E-state index contributed by atoms with van der Waals surface area (Å²) in [6, 6.07) is 16.1. The normalized spacial score (nSPS) is 12.2. The summed E-state index contributed by atoms with van der Waals surface area (Å²) in [5.74, 6) is 2.07. The smallest absolute Gasteiger partial charge is 0.119 e. The molecule has 0 saturated heterocycles. The number of hydrogen-bond donors (Lipinski definition) is 1. The van der Waals surface area contributed by atoms with Crippen LogP contribution in [0.2, 0.25) is 0 Å². The molecule has 3 aromatic rings. The van der Waals surface area contributed by atoms with Crippen LogP contribution in [0, 0.1) is 0 Å². The SMILES string of the molecule is CCc1ccc(OCC(O)Cn2c(C(C)C)nc3ccccc32)cc1.Cl. The lowest BCUT2D eigenvalue weighted by Crippen LogP contribution is -2.24. The molecule has 2 aromatic carbocycles. The molecule has 5 heteroatoms. The van der Waals surface area contributed by atoms with E-state index < -0.39 is 6.10 Å². The number of rotatable bonds is 7. The van der Waals surface area contributed by atoms with Crippen molar-refractivity contribution in [2.24, 2.45) is 0 Å². The van der Waals surface area contributed by atoms with E-state index in [1.54, 1.807) is 0 Å². The molecule has 1 atom stereocenters. The summed E-state index contributed by atoms with van der Waals surface area (Å²) in [6.45, 7) is 7.10. The van der Waals surface area contributed by atoms with E-state index in [4.69, 9.17) is 9.72 Å². The monoisotopic (exact) mass is 374 g/mol. The van der Waals surface area contributed by atoms with Crippen molar-refractivity contribution in [2.75, 3.05) is 6.61 Å². The Kier molecular flexibility index (Phi) is 7.06. The molecule has 0 aliphatic heterocycles. The van der Waals surface area contributed by atoms with Crippen LogP contribution in [0.4, 0.5) is 0 Å². The van der Waals surface area contributed by atoms with Crippen LogP contribution in [-0.4, -0.2) is 27.4 Å². The van der Waals surface area contributed by atoms with E-state index in [0.717, 1.165) is 29.0 Å². The second-order valence-electron chi connectivity index (χ2n) is 6.69. The maximum Gasteiger partial charge on any atom is 0.119 e. The highest BCUT2D eigenvalue weighted by molar-refractivity contribution is 5.85. The largest absolute Gasteiger partial charge is 0.491 e. The van der Waals surface area contributed by atoms with Gasteiger partial charge in [0.2, 0.25) is 0 Å². The zero-order valence-electron chi connectivity index (χ0n) is 15.6. The lowest BCUT2D eigenvalue weighted by Gasteiger charge is -2.17. The van der Waals surface area contributed by atoms with Crippen molar-refractivity contribution >= 4 is 23.4 Å². The van der Waals surface area contributed by atoms with Gasteiger partial charge in [0.1, 0.15) is 24.3 Å². The quantitative estimate of drug-likeness (QED) is 0.658. The molecule has 140 valence electrons. The first-order chi connectivity index (χ1) is 12.1. The zero-order valence-corrected chi connectivity index (χ0v) is 16.4. The van der Waals surface area contributed by atoms with Gasteiger partial charge in [-0.25, -0.2) is 4.98 Å². The number of aliphatic hydroxyl groups is 1. The number of aromatic nitrogens is 2. The van der Waals surface area contributed by atoms with E-state index in [0.29, 0.717) is 12.5 Å². The Bertz CT molecular complexity index is 828. The van der Waals surface area contributed by atoms with Crippen molar-refractivity contribution in [1.82, 2.24) is 9.55 Å². The van der Waals surface area contributed by atoms with Crippen molar-refractivity contribution in [3.05, 3.63) is 59.9 Å². The summed E-state index contributed by atoms with van der Waals surface area (Å²) in [6.07, 6.45) is 0.412. The minimum atomic E-state index is -0.596. The molecule has 1 N–H and O–H groups in total. The first-order valence-electron chi connectivity index (χ1n) is 8.93. The van der Waals surface area contributed by atoms with Gasteiger partial charge in [-0.1, -0.05) is 45.0 Å². The van der Waals surface area contributed by atoms with E-state index in [2.05, 4.69) is 37.5 Å². The van der Waals surface area contributed by atoms with Crippen LogP contribution in [0.5, 0.6) is 5.75 Å². The van der Waals surface area contributed by atoms with Crippen LogP contribution in [-0.2, 0) is 13.0 Å². The molecule has 0 bridgehead atoms. The van der Waals surface area contributed by atoms with Gasteiger partial charge in [0.15, 0.2) is 0 Å². The Labute approximate surface area is 161 Å². The van der Waals surface area contributed by atoms with Crippen molar-refractivity contribution in [1.29, 1.82) is 0 Å². The molecule has 1 heterocycles. The predicted molar refractivity (Wildman–Crippen MR) is 108 cm³/mol. The van der Waals surface area contributed by atoms with Gasteiger partial charge >= 0.3 is 0 Å². The lowest BCUT2D eigenvalue weighted by molar-refractivity contribution is 0.0925. The Hall–Kier alpha value is -2.04. The van der Waals surface area contributed by atoms with Crippen molar-refractivity contribution < 1.29 is 9.84 Å². The van der Waals surface area contributed by atoms with Crippen molar-refractivity contribution in [3.63, 3.8) is 0 Å². The Morgan fingerprint density at radius 1 is 1.08 bits per heavy atom. The highest BCUT2D eigenvalue weighted by Gasteiger charge is 2.16. The topological polar surface area (TPSA) is 47.3 Å². The van der Waals surface area contributed by atoms with Gasteiger partial charge in [-0.3, -0.25) is 0 Å². The van der Waals surface area contributed by atoms with Gasteiger partial charge < -0.3 is 14.4 Å². The summed E-state index contributed by atoms with van der Waals surface area (Å²) in [4.78, 5) is 4.71. The highest BCUT2D eigenvalue weighted by atomic mass is 35.5. The molecule has 0 aliphatic rings. The number of ether oxygens (including phenoxy) is 1. The molecule has 0 aliphatic carbocycles. The van der Waals surface area contributed by atoms with Crippen LogP contribution in [0.1, 0.15) is 38.1 Å². The molecule has 1 unspecified atom stereocenters. The van der Waals surface area contributed by atoms with Crippen molar-refractivity contribution in [2.45, 2.75) is 45.8 Å². The maximum atomic E-state index is 10.5. The molecular formula is C21H27ClN2O2. The zero-order chi connectivity index (χ0) is 17.8. The number of halogens is 1. The molecule has 0 amide bonds. The Morgan fingerprint density at radius 3 is 2.42 bits per heavy atom. The molecule has 0 fully saturated rings. The molecule has 1 aromatic heterocycles. The van der Waals surface area contributed by atoms with Gasteiger partial charge in [0.25, 0.3) is 0 Å². The van der Waals surface area contributed by atoms with Gasteiger partial charge in [0.05, 0.1) is 17.6 Å². The summed E-state index contributed by atoms with van der Waals surface area (Å²) >= 11 is 0. The number of nitrogens with zero attached hydrogens (tertiary/aromatic N) is 2. The summed E-state index contributed by atoms with van der Waals surface area (Å²) < 4.78 is 7.85. The number of hydrogen-bond acceptors (Lipinski definition) is 3. The van der Waals surface area contributed by atoms with Crippen LogP contribution in [0.15, 0.2) is 48.5 Å². The molecule has 0 radical (unpaired) electrons. The highest BCUT2D eigenvalue weighted by Crippen LogP contribution is 2.22. The van der Waals surface area contributed by atoms with Crippen LogP contribution < -0.4 is 4.74 Å². The fraction of sp³-hybridized carbons (Fsp3) is 0.381. The van der Waals surface area contributed by atoms with Gasteiger partial charge in [0, 0.05) is 5.92 Å². The molecule has 0 saturated carbocycles. The standard InChI is InChI=1S/C21H26N2O2.ClH/c1-4-16-9-11-18(12-10-16)25-14-17(24)13-23-20-8-6-5-7-19(20)22-21(23)15(2)3;/h5-12,15,17,24H,4,13-14H2,1-3H3;1H. The number of para-hydroxylation sites is 2. The average Bonchev–Trinajstić information content (AvgIpc) is 2.99. The van der Waals surface area contributed by atoms with E-state index in [1.165, 1.54) is 5.56 Å². The molecule has 26 heavy (non-hydrogen) atoms. The molecule has 0 spiro atoms. The third-order valence-electron chi connectivity index (χ3n) is 4.37. The minimum Gasteiger partial charge on any atom is -0.491 e. The third-order valence-corrected chi connectivity index (χ3v) is 4.37. The number of imidazole rings is 1. The summed E-state index contributed by atoms with van der Waals surface area (Å²) in [5, 5.41) is 10.5. The fourth-order valence-electron chi connectivity index (χ4n) is 3.00. The summed E-state index contributed by atoms with van der Waals surface area (Å²) in [5.41, 5.74) is 3.30. The first kappa shape index (κ1) is 20.3. The van der Waals surface area contributed by atoms with Gasteiger partial charge in [-0.15, -0.1) is 12.4 Å². The second kappa shape index (κ2) is 9.06. The van der Waals surface area contributed by atoms with E-state index in [9.17, 15) is 5.11 Å². The fourth-order valence-corrected chi connectivity index (χ4v) is 3.00. The average molecular weight is 375 g/mol. The summed E-state index contributed by atoms with van der Waals surface area (Å²) in [7, 11) is 0. The van der Waals surface area contributed by atoms with Crippen LogP contribution >= 0.6 is 12.4 Å². The Morgan fingerprint density at radius 2 is 1.77 bits per heavy atom. The Balaban J connectivity index is 0.00000243. The predicted octanol–water partition coefficient (Wildman–Crippen LogP) is 4.58. The van der Waals surface area contributed by atoms with Crippen LogP contribution in [0.3, 0.4) is 0 Å². The number of benzene rings is 2. The third kappa shape index (κ3) is 4.57. The number of aliphatic hydroxyl groups excluding tert-OH is 1. The minimum absolute atomic E-state index is 0. The van der Waals surface area contributed by atoms with Crippen LogP contribution in [0.25, 0.3) is 11.0 Å². The molecule has 3 rings (SSSR count). The first-order valence-corrected chi connectivity index (χ1v) is 8.93. The lowest BCUT2D eigenvalue weighted by atomic mass is 10.2. The van der Waals surface area contributed by atoms with E-state index in [-0.39, 0.29) is 19.0 Å². The maximum absolute atomic E-state index is 10.5. The number of aryl methyl sites for hydroxylation is 1. The molecule has 4 nitrogen and oxygen atoms in total. The van der Waals surface area contributed by atoms with E-state index in [1.807, 2.05) is 36.4 Å². The second-order valence-corrected chi connectivity index (χ2v) is 6.69. The number of fused-ring (bicyclic) bond motifs is 1. The van der Waals surface area contributed by atoms with Gasteiger partial charge in [-0.2, -0.15) is 0 Å². The molecular weight excluding hydrogens is 348 g/mol. The van der Waals surface area contributed by atoms with E-state index >= 15 is 0 Å². The van der Waals surface area contributed by atoms with Crippen molar-refractivity contribution in [3.8, 4) is 5.75 Å². The van der Waals surface area contributed by atoms with Gasteiger partial charge in [-0.05, 0) is 36.2 Å².